The summed E-state index contributed by atoms with van der Waals surface area (Å²) < 4.78 is 0. The minimum atomic E-state index is -0.927. The molecule has 1 atom stereocenters. The van der Waals surface area contributed by atoms with Gasteiger partial charge in [0.2, 0.25) is 5.91 Å². The van der Waals surface area contributed by atoms with E-state index in [1.807, 2.05) is 0 Å². The van der Waals surface area contributed by atoms with Gasteiger partial charge in [-0.3, -0.25) is 14.5 Å². The van der Waals surface area contributed by atoms with Crippen LogP contribution < -0.4 is 10.6 Å². The van der Waals surface area contributed by atoms with Crippen LogP contribution in [0.4, 0.5) is 10.5 Å². The van der Waals surface area contributed by atoms with Crippen molar-refractivity contribution >= 4 is 35.1 Å². The number of nitrogens with zero attached hydrogens (tertiary/aromatic N) is 1. The van der Waals surface area contributed by atoms with Crippen molar-refractivity contribution in [1.82, 2.24) is 10.2 Å². The molecule has 0 saturated carbocycles. The molecule has 2 N–H and O–H groups in total. The van der Waals surface area contributed by atoms with Crippen LogP contribution in [0.3, 0.4) is 0 Å². The lowest BCUT2D eigenvalue weighted by atomic mass is 9.94. The Kier molecular flexibility index (Phi) is 7.03. The van der Waals surface area contributed by atoms with Gasteiger partial charge >= 0.3 is 6.03 Å². The van der Waals surface area contributed by atoms with E-state index in [0.717, 1.165) is 30.6 Å². The summed E-state index contributed by atoms with van der Waals surface area (Å²) in [4.78, 5) is 38.0. The van der Waals surface area contributed by atoms with Crippen LogP contribution >= 0.6 is 11.6 Å². The third kappa shape index (κ3) is 5.21. The highest BCUT2D eigenvalue weighted by atomic mass is 35.5. The molecule has 1 aliphatic heterocycles. The van der Waals surface area contributed by atoms with E-state index in [1.165, 1.54) is 6.42 Å². The normalized spacial score (nSPS) is 19.6. The first-order valence-electron chi connectivity index (χ1n) is 9.05. The minimum Gasteiger partial charge on any atom is -0.325 e. The van der Waals surface area contributed by atoms with Crippen molar-refractivity contribution in [2.75, 3.05) is 11.9 Å². The number of hydrogen-bond acceptors (Lipinski definition) is 3. The maximum Gasteiger partial charge on any atom is 0.325 e. The number of nitrogens with one attached hydrogen (secondary N) is 2. The van der Waals surface area contributed by atoms with E-state index in [0.29, 0.717) is 17.1 Å². The Hall–Kier alpha value is -2.08. The number of hydrogen-bond donors (Lipinski definition) is 2. The summed E-state index contributed by atoms with van der Waals surface area (Å²) in [5, 5.41) is 5.96. The first kappa shape index (κ1) is 20.2. The number of unbranched alkanes of at least 4 members (excludes halogenated alkanes) is 4. The summed E-state index contributed by atoms with van der Waals surface area (Å²) in [6.07, 6.45) is 5.94. The van der Waals surface area contributed by atoms with Gasteiger partial charge < -0.3 is 10.6 Å². The second-order valence-corrected chi connectivity index (χ2v) is 7.31. The Morgan fingerprint density at radius 2 is 1.81 bits per heavy atom. The van der Waals surface area contributed by atoms with Gasteiger partial charge in [-0.2, -0.15) is 0 Å². The minimum absolute atomic E-state index is 0.307. The standard InChI is InChI=1S/C19H26ClN3O3/c1-3-4-5-6-7-12-19(2)17(25)23(18(26)22-19)13-16(24)21-15-10-8-14(20)9-11-15/h8-11H,3-7,12-13H2,1-2H3,(H,21,24)(H,22,26)/t19-/m1/s1. The molecule has 1 fully saturated rings. The van der Waals surface area contributed by atoms with Crippen LogP contribution in [0.2, 0.25) is 5.02 Å². The van der Waals surface area contributed by atoms with Crippen LogP contribution in [0.5, 0.6) is 0 Å². The summed E-state index contributed by atoms with van der Waals surface area (Å²) >= 11 is 5.81. The smallest absolute Gasteiger partial charge is 0.325 e. The van der Waals surface area contributed by atoms with Gasteiger partial charge in [0.05, 0.1) is 0 Å². The van der Waals surface area contributed by atoms with Crippen molar-refractivity contribution in [2.24, 2.45) is 0 Å². The molecule has 0 bridgehead atoms. The Morgan fingerprint density at radius 1 is 1.15 bits per heavy atom. The van der Waals surface area contributed by atoms with Gasteiger partial charge in [-0.1, -0.05) is 50.6 Å². The van der Waals surface area contributed by atoms with Gasteiger partial charge in [0.15, 0.2) is 0 Å². The molecule has 142 valence electrons. The van der Waals surface area contributed by atoms with Crippen molar-refractivity contribution in [1.29, 1.82) is 0 Å². The van der Waals surface area contributed by atoms with Crippen molar-refractivity contribution in [2.45, 2.75) is 57.9 Å². The van der Waals surface area contributed by atoms with Crippen molar-refractivity contribution < 1.29 is 14.4 Å². The Labute approximate surface area is 159 Å². The molecule has 0 unspecified atom stereocenters. The molecular weight excluding hydrogens is 354 g/mol. The van der Waals surface area contributed by atoms with Crippen molar-refractivity contribution in [3.8, 4) is 0 Å². The van der Waals surface area contributed by atoms with E-state index in [2.05, 4.69) is 17.6 Å². The molecule has 1 saturated heterocycles. The van der Waals surface area contributed by atoms with Gasteiger partial charge in [-0.15, -0.1) is 0 Å². The Balaban J connectivity index is 1.89. The van der Waals surface area contributed by atoms with Crippen LogP contribution in [0.15, 0.2) is 24.3 Å². The molecule has 0 aromatic heterocycles. The predicted octanol–water partition coefficient (Wildman–Crippen LogP) is 3.95. The van der Waals surface area contributed by atoms with Gasteiger partial charge in [-0.25, -0.2) is 4.79 Å². The number of carbonyl (C=O) groups is 3. The van der Waals surface area contributed by atoms with Gasteiger partial charge in [0.25, 0.3) is 5.91 Å². The molecular formula is C19H26ClN3O3. The molecule has 7 heteroatoms. The predicted molar refractivity (Wildman–Crippen MR) is 102 cm³/mol. The van der Waals surface area contributed by atoms with Crippen LogP contribution in [0, 0.1) is 0 Å². The largest absolute Gasteiger partial charge is 0.325 e. The number of amides is 4. The number of rotatable bonds is 9. The maximum absolute atomic E-state index is 12.6. The third-order valence-corrected chi connectivity index (χ3v) is 4.81. The quantitative estimate of drug-likeness (QED) is 0.503. The highest BCUT2D eigenvalue weighted by Crippen LogP contribution is 2.24. The van der Waals surface area contributed by atoms with Crippen LogP contribution in [-0.2, 0) is 9.59 Å². The number of anilines is 1. The summed E-state index contributed by atoms with van der Waals surface area (Å²) in [5.41, 5.74) is -0.366. The Bertz CT molecular complexity index is 662. The van der Waals surface area contributed by atoms with Gasteiger partial charge in [0, 0.05) is 10.7 Å². The number of halogens is 1. The molecule has 1 aliphatic rings. The number of urea groups is 1. The van der Waals surface area contributed by atoms with Crippen molar-refractivity contribution in [3.05, 3.63) is 29.3 Å². The van der Waals surface area contributed by atoms with E-state index in [9.17, 15) is 14.4 Å². The molecule has 26 heavy (non-hydrogen) atoms. The lowest BCUT2D eigenvalue weighted by Crippen LogP contribution is -2.44. The monoisotopic (exact) mass is 379 g/mol. The molecule has 0 spiro atoms. The fourth-order valence-corrected chi connectivity index (χ4v) is 3.15. The fraction of sp³-hybridized carbons (Fsp3) is 0.526. The van der Waals surface area contributed by atoms with E-state index < -0.39 is 17.5 Å². The van der Waals surface area contributed by atoms with Crippen LogP contribution in [-0.4, -0.2) is 34.8 Å². The highest BCUT2D eigenvalue weighted by molar-refractivity contribution is 6.30. The van der Waals surface area contributed by atoms with E-state index in [4.69, 9.17) is 11.6 Å². The molecule has 0 radical (unpaired) electrons. The zero-order valence-corrected chi connectivity index (χ0v) is 16.1. The molecule has 4 amide bonds. The SMILES string of the molecule is CCCCCCC[C@@]1(C)NC(=O)N(CC(=O)Nc2ccc(Cl)cc2)C1=O. The first-order valence-corrected chi connectivity index (χ1v) is 9.43. The molecule has 1 aromatic rings. The first-order chi connectivity index (χ1) is 12.4. The Morgan fingerprint density at radius 3 is 2.46 bits per heavy atom. The summed E-state index contributed by atoms with van der Waals surface area (Å²) in [6, 6.07) is 6.11. The molecule has 0 aliphatic carbocycles. The fourth-order valence-electron chi connectivity index (χ4n) is 3.02. The summed E-state index contributed by atoms with van der Waals surface area (Å²) in [6.45, 7) is 3.57. The van der Waals surface area contributed by atoms with Crippen LogP contribution in [0.25, 0.3) is 0 Å². The van der Waals surface area contributed by atoms with Gasteiger partial charge in [-0.05, 0) is 37.6 Å². The second kappa shape index (κ2) is 9.03. The lowest BCUT2D eigenvalue weighted by Gasteiger charge is -2.21. The molecule has 1 heterocycles. The second-order valence-electron chi connectivity index (χ2n) is 6.87. The van der Waals surface area contributed by atoms with E-state index in [1.54, 1.807) is 31.2 Å². The molecule has 1 aromatic carbocycles. The molecule has 2 rings (SSSR count). The topological polar surface area (TPSA) is 78.5 Å². The van der Waals surface area contributed by atoms with E-state index >= 15 is 0 Å². The summed E-state index contributed by atoms with van der Waals surface area (Å²) in [7, 11) is 0. The molecule has 6 nitrogen and oxygen atoms in total. The lowest BCUT2D eigenvalue weighted by molar-refractivity contribution is -0.133. The third-order valence-electron chi connectivity index (χ3n) is 4.56. The zero-order chi connectivity index (χ0) is 19.2. The maximum atomic E-state index is 12.6. The number of imide groups is 1. The van der Waals surface area contributed by atoms with E-state index in [-0.39, 0.29) is 12.5 Å². The zero-order valence-electron chi connectivity index (χ0n) is 15.3. The average Bonchev–Trinajstić information content (AvgIpc) is 2.80. The highest BCUT2D eigenvalue weighted by Gasteiger charge is 2.47. The number of benzene rings is 1. The average molecular weight is 380 g/mol. The number of carbonyl (C=O) groups excluding carboxylic acids is 3. The summed E-state index contributed by atoms with van der Waals surface area (Å²) in [5.74, 6) is -0.771. The van der Waals surface area contributed by atoms with Crippen LogP contribution in [0.1, 0.15) is 52.4 Å². The van der Waals surface area contributed by atoms with Gasteiger partial charge in [0.1, 0.15) is 12.1 Å². The van der Waals surface area contributed by atoms with Crippen molar-refractivity contribution in [3.63, 3.8) is 0 Å².